The van der Waals surface area contributed by atoms with Crippen LogP contribution < -0.4 is 21.7 Å². The van der Waals surface area contributed by atoms with Gasteiger partial charge < -0.3 is 31.5 Å². The molecule has 0 amide bonds. The summed E-state index contributed by atoms with van der Waals surface area (Å²) in [7, 11) is 0. The van der Waals surface area contributed by atoms with Gasteiger partial charge in [0.2, 0.25) is 0 Å². The Balaban J connectivity index is 1.37. The van der Waals surface area contributed by atoms with Crippen molar-refractivity contribution < 1.29 is 9.84 Å². The SMILES string of the molecule is CC(C)(CO)NC1CCC(Nc2cc(-c3cccc(NCC4(N)CCOCC4)n3)c(Cl)cn2)CC1. The van der Waals surface area contributed by atoms with Crippen molar-refractivity contribution >= 4 is 23.2 Å². The predicted octanol–water partition coefficient (Wildman–Crippen LogP) is 3.80. The lowest BCUT2D eigenvalue weighted by Gasteiger charge is -2.35. The zero-order valence-corrected chi connectivity index (χ0v) is 21.6. The molecule has 3 heterocycles. The second-order valence-corrected chi connectivity index (χ2v) is 11.1. The highest BCUT2D eigenvalue weighted by molar-refractivity contribution is 6.33. The number of aromatic nitrogens is 2. The Morgan fingerprint density at radius 2 is 1.86 bits per heavy atom. The Labute approximate surface area is 213 Å². The smallest absolute Gasteiger partial charge is 0.126 e. The number of aliphatic hydroxyl groups is 1. The van der Waals surface area contributed by atoms with Crippen LogP contribution in [0.5, 0.6) is 0 Å². The number of hydrogen-bond donors (Lipinski definition) is 5. The van der Waals surface area contributed by atoms with E-state index in [1.165, 1.54) is 0 Å². The fourth-order valence-electron chi connectivity index (χ4n) is 4.81. The van der Waals surface area contributed by atoms with Crippen LogP contribution >= 0.6 is 11.6 Å². The fourth-order valence-corrected chi connectivity index (χ4v) is 5.01. The van der Waals surface area contributed by atoms with Crippen molar-refractivity contribution in [2.24, 2.45) is 5.73 Å². The molecular formula is C26H39ClN6O2. The average Bonchev–Trinajstić information content (AvgIpc) is 2.86. The molecule has 2 aromatic heterocycles. The second-order valence-electron chi connectivity index (χ2n) is 10.7. The van der Waals surface area contributed by atoms with Crippen molar-refractivity contribution in [2.45, 2.75) is 75.5 Å². The zero-order valence-electron chi connectivity index (χ0n) is 20.8. The van der Waals surface area contributed by atoms with E-state index in [0.717, 1.165) is 61.4 Å². The minimum Gasteiger partial charge on any atom is -0.394 e. The normalized spacial score (nSPS) is 22.5. The van der Waals surface area contributed by atoms with E-state index >= 15 is 0 Å². The van der Waals surface area contributed by atoms with Crippen LogP contribution in [0.15, 0.2) is 30.5 Å². The molecule has 0 aromatic carbocycles. The maximum atomic E-state index is 9.52. The van der Waals surface area contributed by atoms with E-state index in [9.17, 15) is 5.11 Å². The summed E-state index contributed by atoms with van der Waals surface area (Å²) in [6.45, 7) is 6.26. The zero-order chi connectivity index (χ0) is 24.9. The first-order chi connectivity index (χ1) is 16.8. The molecule has 0 spiro atoms. The topological polar surface area (TPSA) is 117 Å². The maximum absolute atomic E-state index is 9.52. The first kappa shape index (κ1) is 26.1. The number of aliphatic hydroxyl groups excluding tert-OH is 1. The van der Waals surface area contributed by atoms with E-state index in [-0.39, 0.29) is 17.7 Å². The molecular weight excluding hydrogens is 464 g/mol. The summed E-state index contributed by atoms with van der Waals surface area (Å²) in [6, 6.07) is 8.65. The van der Waals surface area contributed by atoms with E-state index in [2.05, 4.69) is 20.9 Å². The highest BCUT2D eigenvalue weighted by Gasteiger charge is 2.28. The molecule has 1 saturated carbocycles. The van der Waals surface area contributed by atoms with Crippen molar-refractivity contribution in [1.82, 2.24) is 15.3 Å². The number of anilines is 2. The van der Waals surface area contributed by atoms with E-state index in [4.69, 9.17) is 27.1 Å². The molecule has 1 aliphatic heterocycles. The van der Waals surface area contributed by atoms with E-state index in [1.807, 2.05) is 38.1 Å². The molecule has 0 unspecified atom stereocenters. The van der Waals surface area contributed by atoms with Crippen LogP contribution in [0.1, 0.15) is 52.4 Å². The van der Waals surface area contributed by atoms with Gasteiger partial charge >= 0.3 is 0 Å². The summed E-state index contributed by atoms with van der Waals surface area (Å²) in [5.41, 5.74) is 7.63. The first-order valence-corrected chi connectivity index (χ1v) is 13.0. The highest BCUT2D eigenvalue weighted by atomic mass is 35.5. The van der Waals surface area contributed by atoms with Gasteiger partial charge in [0.05, 0.1) is 17.3 Å². The molecule has 0 atom stereocenters. The predicted molar refractivity (Wildman–Crippen MR) is 142 cm³/mol. The lowest BCUT2D eigenvalue weighted by Crippen LogP contribution is -2.50. The summed E-state index contributed by atoms with van der Waals surface area (Å²) in [6.07, 6.45) is 7.57. The average molecular weight is 503 g/mol. The Morgan fingerprint density at radius 3 is 2.57 bits per heavy atom. The summed E-state index contributed by atoms with van der Waals surface area (Å²) < 4.78 is 5.44. The third kappa shape index (κ3) is 7.27. The number of nitrogens with zero attached hydrogens (tertiary/aromatic N) is 2. The fraction of sp³-hybridized carbons (Fsp3) is 0.615. The van der Waals surface area contributed by atoms with Crippen LogP contribution in [0.2, 0.25) is 5.02 Å². The van der Waals surface area contributed by atoms with Gasteiger partial charge in [0.1, 0.15) is 11.6 Å². The highest BCUT2D eigenvalue weighted by Crippen LogP contribution is 2.30. The van der Waals surface area contributed by atoms with Gasteiger partial charge in [-0.3, -0.25) is 0 Å². The number of nitrogens with two attached hydrogens (primary N) is 1. The van der Waals surface area contributed by atoms with Crippen molar-refractivity contribution in [3.8, 4) is 11.3 Å². The Morgan fingerprint density at radius 1 is 1.14 bits per heavy atom. The molecule has 4 rings (SSSR count). The molecule has 6 N–H and O–H groups in total. The second kappa shape index (κ2) is 11.4. The van der Waals surface area contributed by atoms with Crippen molar-refractivity contribution in [3.05, 3.63) is 35.5 Å². The van der Waals surface area contributed by atoms with Gasteiger partial charge in [0.25, 0.3) is 0 Å². The van der Waals surface area contributed by atoms with Crippen molar-refractivity contribution in [3.63, 3.8) is 0 Å². The number of ether oxygens (including phenoxy) is 1. The van der Waals surface area contributed by atoms with Crippen LogP contribution in [0.3, 0.4) is 0 Å². The largest absolute Gasteiger partial charge is 0.394 e. The molecule has 192 valence electrons. The molecule has 0 radical (unpaired) electrons. The van der Waals surface area contributed by atoms with Gasteiger partial charge in [0, 0.05) is 54.7 Å². The minimum absolute atomic E-state index is 0.134. The lowest BCUT2D eigenvalue weighted by molar-refractivity contribution is 0.0574. The van der Waals surface area contributed by atoms with E-state index in [0.29, 0.717) is 36.9 Å². The van der Waals surface area contributed by atoms with Gasteiger partial charge in [0.15, 0.2) is 0 Å². The van der Waals surface area contributed by atoms with Crippen LogP contribution in [0.4, 0.5) is 11.6 Å². The van der Waals surface area contributed by atoms with Crippen LogP contribution in [0.25, 0.3) is 11.3 Å². The summed E-state index contributed by atoms with van der Waals surface area (Å²) in [5, 5.41) is 20.6. The number of hydrogen-bond acceptors (Lipinski definition) is 8. The molecule has 2 aromatic rings. The third-order valence-electron chi connectivity index (χ3n) is 7.06. The van der Waals surface area contributed by atoms with Gasteiger partial charge in [-0.1, -0.05) is 17.7 Å². The molecule has 1 saturated heterocycles. The Hall–Kier alpha value is -1.97. The summed E-state index contributed by atoms with van der Waals surface area (Å²) in [4.78, 5) is 9.31. The molecule has 9 heteroatoms. The Kier molecular flexibility index (Phi) is 8.50. The van der Waals surface area contributed by atoms with Gasteiger partial charge in [-0.05, 0) is 70.6 Å². The van der Waals surface area contributed by atoms with Gasteiger partial charge in [-0.25, -0.2) is 9.97 Å². The summed E-state index contributed by atoms with van der Waals surface area (Å²) >= 11 is 6.53. The van der Waals surface area contributed by atoms with Crippen molar-refractivity contribution in [1.29, 1.82) is 0 Å². The van der Waals surface area contributed by atoms with Crippen LogP contribution in [-0.4, -0.2) is 64.6 Å². The molecule has 8 nitrogen and oxygen atoms in total. The molecule has 0 bridgehead atoms. The third-order valence-corrected chi connectivity index (χ3v) is 7.36. The first-order valence-electron chi connectivity index (χ1n) is 12.6. The van der Waals surface area contributed by atoms with Crippen molar-refractivity contribution in [2.75, 3.05) is 37.0 Å². The Bertz CT molecular complexity index is 974. The number of nitrogens with one attached hydrogen (secondary N) is 3. The standard InChI is InChI=1S/C26H39ClN6O2/c1-25(2,17-34)33-19-8-6-18(7-9-19)31-24-14-20(21(27)15-29-24)22-4-3-5-23(32-22)30-16-26(28)10-12-35-13-11-26/h3-5,14-15,18-19,33-34H,6-13,16-17,28H2,1-2H3,(H,29,31)(H,30,32). The molecule has 2 aliphatic rings. The summed E-state index contributed by atoms with van der Waals surface area (Å²) in [5.74, 6) is 1.58. The molecule has 2 fully saturated rings. The quantitative estimate of drug-likeness (QED) is 0.351. The monoisotopic (exact) mass is 502 g/mol. The lowest BCUT2D eigenvalue weighted by atomic mass is 9.89. The molecule has 35 heavy (non-hydrogen) atoms. The number of rotatable bonds is 9. The van der Waals surface area contributed by atoms with Crippen LogP contribution in [0, 0.1) is 0 Å². The number of pyridine rings is 2. The number of halogens is 1. The molecule has 1 aliphatic carbocycles. The van der Waals surface area contributed by atoms with Gasteiger partial charge in [-0.2, -0.15) is 0 Å². The minimum atomic E-state index is -0.274. The van der Waals surface area contributed by atoms with Crippen LogP contribution in [-0.2, 0) is 4.74 Å². The van der Waals surface area contributed by atoms with E-state index in [1.54, 1.807) is 6.20 Å². The van der Waals surface area contributed by atoms with E-state index < -0.39 is 0 Å². The maximum Gasteiger partial charge on any atom is 0.126 e. The van der Waals surface area contributed by atoms with Gasteiger partial charge in [-0.15, -0.1) is 0 Å².